The number of carbonyl (C=O) groups is 1. The van der Waals surface area contributed by atoms with Crippen molar-refractivity contribution in [2.75, 3.05) is 5.32 Å². The van der Waals surface area contributed by atoms with Crippen LogP contribution in [0.5, 0.6) is 0 Å². The third-order valence-electron chi connectivity index (χ3n) is 6.80. The third-order valence-corrected chi connectivity index (χ3v) is 10.3. The van der Waals surface area contributed by atoms with Crippen LogP contribution in [0.2, 0.25) is 0 Å². The zero-order chi connectivity index (χ0) is 26.9. The van der Waals surface area contributed by atoms with Crippen LogP contribution >= 0.6 is 11.3 Å². The summed E-state index contributed by atoms with van der Waals surface area (Å²) >= 11 is 1.53. The van der Waals surface area contributed by atoms with Gasteiger partial charge in [0, 0.05) is 29.4 Å². The molecule has 0 spiro atoms. The number of ether oxygens (including phenoxy) is 1. The van der Waals surface area contributed by atoms with Crippen LogP contribution in [0.1, 0.15) is 63.3 Å². The number of benzene rings is 1. The summed E-state index contributed by atoms with van der Waals surface area (Å²) in [6, 6.07) is 8.17. The number of sulfone groups is 1. The van der Waals surface area contributed by atoms with Gasteiger partial charge in [-0.25, -0.2) is 23.2 Å². The lowest BCUT2D eigenvalue weighted by atomic mass is 9.86. The van der Waals surface area contributed by atoms with Crippen LogP contribution in [0.3, 0.4) is 0 Å². The molecule has 2 aromatic heterocycles. The number of hydrogen-bond acceptors (Lipinski definition) is 8. The van der Waals surface area contributed by atoms with Gasteiger partial charge in [0.05, 0.1) is 38.0 Å². The second-order valence-electron chi connectivity index (χ2n) is 10.2. The van der Waals surface area contributed by atoms with Gasteiger partial charge in [-0.3, -0.25) is 0 Å². The lowest BCUT2D eigenvalue weighted by Crippen LogP contribution is -2.38. The molecule has 38 heavy (non-hydrogen) atoms. The van der Waals surface area contributed by atoms with Crippen molar-refractivity contribution in [1.29, 1.82) is 0 Å². The first-order chi connectivity index (χ1) is 18.2. The highest BCUT2D eigenvalue weighted by Gasteiger charge is 2.39. The van der Waals surface area contributed by atoms with Crippen molar-refractivity contribution in [3.63, 3.8) is 0 Å². The summed E-state index contributed by atoms with van der Waals surface area (Å²) in [5.41, 5.74) is 1.81. The number of halogens is 1. The van der Waals surface area contributed by atoms with Gasteiger partial charge < -0.3 is 15.4 Å². The van der Waals surface area contributed by atoms with E-state index in [0.717, 1.165) is 35.6 Å². The predicted octanol–water partition coefficient (Wildman–Crippen LogP) is 6.18. The number of pyridine rings is 1. The van der Waals surface area contributed by atoms with Gasteiger partial charge in [-0.2, -0.15) is 4.39 Å². The maximum atomic E-state index is 13.4. The topological polar surface area (TPSA) is 110 Å². The van der Waals surface area contributed by atoms with E-state index >= 15 is 0 Å². The predicted molar refractivity (Wildman–Crippen MR) is 145 cm³/mol. The third kappa shape index (κ3) is 6.15. The van der Waals surface area contributed by atoms with E-state index in [4.69, 9.17) is 4.74 Å². The number of aromatic nitrogens is 2. The highest BCUT2D eigenvalue weighted by Crippen LogP contribution is 2.43. The first-order valence-corrected chi connectivity index (χ1v) is 15.2. The average molecular weight is 559 g/mol. The summed E-state index contributed by atoms with van der Waals surface area (Å²) in [5, 5.41) is 6.69. The molecule has 2 aliphatic rings. The molecule has 0 bridgehead atoms. The number of hydrogen-bond donors (Lipinski definition) is 2. The van der Waals surface area contributed by atoms with E-state index in [2.05, 4.69) is 20.6 Å². The van der Waals surface area contributed by atoms with Gasteiger partial charge in [-0.15, -0.1) is 11.3 Å². The zero-order valence-corrected chi connectivity index (χ0v) is 22.9. The van der Waals surface area contributed by atoms with Crippen LogP contribution in [-0.2, 0) is 14.6 Å². The quantitative estimate of drug-likeness (QED) is 0.318. The Hall–Kier alpha value is -3.05. The van der Waals surface area contributed by atoms with Crippen molar-refractivity contribution in [2.45, 2.75) is 80.6 Å². The maximum absolute atomic E-state index is 13.4. The number of alkyl carbamates (subject to hydrolysis) is 1. The molecule has 2 N–H and O–H groups in total. The van der Waals surface area contributed by atoms with Gasteiger partial charge in [0.15, 0.2) is 9.84 Å². The van der Waals surface area contributed by atoms with Gasteiger partial charge in [0.25, 0.3) is 0 Å². The van der Waals surface area contributed by atoms with Crippen molar-refractivity contribution in [3.8, 4) is 10.4 Å². The first kappa shape index (κ1) is 26.6. The molecule has 2 saturated carbocycles. The number of carbonyl (C=O) groups excluding carboxylic acids is 1. The minimum atomic E-state index is -3.50. The van der Waals surface area contributed by atoms with E-state index in [9.17, 15) is 17.6 Å². The van der Waals surface area contributed by atoms with Crippen LogP contribution in [-0.4, -0.2) is 41.9 Å². The number of nitrogens with one attached hydrogen (secondary N) is 2. The molecular weight excluding hydrogens is 527 g/mol. The van der Waals surface area contributed by atoms with Gasteiger partial charge in [-0.05, 0) is 76.6 Å². The van der Waals surface area contributed by atoms with E-state index in [1.54, 1.807) is 18.3 Å². The summed E-state index contributed by atoms with van der Waals surface area (Å²) in [6.45, 7) is 3.65. The molecule has 1 amide bonds. The number of amides is 1. The molecule has 0 saturated heterocycles. The van der Waals surface area contributed by atoms with Crippen molar-refractivity contribution in [2.24, 2.45) is 0 Å². The second kappa shape index (κ2) is 11.0. The molecule has 11 heteroatoms. The summed E-state index contributed by atoms with van der Waals surface area (Å²) in [4.78, 5) is 21.3. The number of thiazole rings is 1. The number of nitrogens with zero attached hydrogens (tertiary/aromatic N) is 2. The van der Waals surface area contributed by atoms with E-state index < -0.39 is 15.8 Å². The molecule has 2 fully saturated rings. The Morgan fingerprint density at radius 2 is 1.76 bits per heavy atom. The van der Waals surface area contributed by atoms with Crippen molar-refractivity contribution in [3.05, 3.63) is 53.7 Å². The van der Waals surface area contributed by atoms with Crippen LogP contribution in [0, 0.1) is 5.95 Å². The molecule has 202 valence electrons. The lowest BCUT2D eigenvalue weighted by Gasteiger charge is -2.28. The SMILES string of the molecule is CC(C)OC(=O)NC1CCC(c2ncc(-c3ccc(Nc4ccc(F)nc4)cc3S(=O)(=O)C3CC3)s2)CC1. The molecule has 0 unspecified atom stereocenters. The fraction of sp³-hybridized carbons (Fsp3) is 0.444. The summed E-state index contributed by atoms with van der Waals surface area (Å²) in [5.74, 6) is -0.314. The Morgan fingerprint density at radius 3 is 2.42 bits per heavy atom. The Balaban J connectivity index is 1.33. The molecule has 0 atom stereocenters. The Morgan fingerprint density at radius 1 is 1.03 bits per heavy atom. The number of anilines is 2. The standard InChI is InChI=1S/C27H31FN4O4S2/c1-16(2)36-27(33)32-18-5-3-17(4-6-18)26-30-15-23(37-26)22-11-7-19(31-20-8-12-25(28)29-14-20)13-24(22)38(34,35)21-9-10-21/h7-8,11-18,21,31H,3-6,9-10H2,1-2H3,(H,32,33). The van der Waals surface area contributed by atoms with E-state index in [1.165, 1.54) is 23.6 Å². The Bertz CT molecular complexity index is 1400. The summed E-state index contributed by atoms with van der Waals surface area (Å²) in [7, 11) is -3.50. The van der Waals surface area contributed by atoms with Crippen molar-refractivity contribution >= 4 is 38.6 Å². The Kier molecular flexibility index (Phi) is 7.67. The molecule has 2 heterocycles. The highest BCUT2D eigenvalue weighted by atomic mass is 32.2. The van der Waals surface area contributed by atoms with E-state index in [1.807, 2.05) is 26.0 Å². The minimum absolute atomic E-state index is 0.0866. The van der Waals surface area contributed by atoms with Crippen LogP contribution < -0.4 is 10.6 Å². The normalized spacial score (nSPS) is 19.8. The highest BCUT2D eigenvalue weighted by molar-refractivity contribution is 7.92. The van der Waals surface area contributed by atoms with Crippen molar-refractivity contribution < 1.29 is 22.3 Å². The summed E-state index contributed by atoms with van der Waals surface area (Å²) in [6.07, 6.45) is 7.39. The van der Waals surface area contributed by atoms with Gasteiger partial charge in [0.2, 0.25) is 5.95 Å². The van der Waals surface area contributed by atoms with Crippen LogP contribution in [0.4, 0.5) is 20.6 Å². The van der Waals surface area contributed by atoms with Crippen LogP contribution in [0.15, 0.2) is 47.6 Å². The largest absolute Gasteiger partial charge is 0.447 e. The van der Waals surface area contributed by atoms with Gasteiger partial charge in [0.1, 0.15) is 0 Å². The van der Waals surface area contributed by atoms with Gasteiger partial charge >= 0.3 is 6.09 Å². The molecule has 1 aromatic carbocycles. The molecule has 0 aliphatic heterocycles. The molecule has 5 rings (SSSR count). The van der Waals surface area contributed by atoms with Crippen molar-refractivity contribution in [1.82, 2.24) is 15.3 Å². The average Bonchev–Trinajstić information content (AvgIpc) is 3.64. The zero-order valence-electron chi connectivity index (χ0n) is 21.3. The minimum Gasteiger partial charge on any atom is -0.447 e. The second-order valence-corrected chi connectivity index (χ2v) is 13.4. The number of rotatable bonds is 8. The fourth-order valence-electron chi connectivity index (χ4n) is 4.71. The molecule has 2 aliphatic carbocycles. The maximum Gasteiger partial charge on any atom is 0.407 e. The molecular formula is C27H31FN4O4S2. The first-order valence-electron chi connectivity index (χ1n) is 12.9. The molecule has 0 radical (unpaired) electrons. The van der Waals surface area contributed by atoms with E-state index in [0.29, 0.717) is 29.8 Å². The molecule has 3 aromatic rings. The lowest BCUT2D eigenvalue weighted by molar-refractivity contribution is 0.109. The fourth-order valence-corrected chi connectivity index (χ4v) is 7.80. The van der Waals surface area contributed by atoms with Gasteiger partial charge in [-0.1, -0.05) is 6.07 Å². The smallest absolute Gasteiger partial charge is 0.407 e. The monoisotopic (exact) mass is 558 g/mol. The van der Waals surface area contributed by atoms with Crippen LogP contribution in [0.25, 0.3) is 10.4 Å². The Labute approximate surface area is 226 Å². The summed E-state index contributed by atoms with van der Waals surface area (Å²) < 4.78 is 45.1. The molecule has 8 nitrogen and oxygen atoms in total. The van der Waals surface area contributed by atoms with E-state index in [-0.39, 0.29) is 34.3 Å².